The van der Waals surface area contributed by atoms with Gasteiger partial charge < -0.3 is 30.3 Å². The SMILES string of the molecule is CC/C=C\C/C=C\C/C=C\CCCCCCCC(=O)OC[C@H](COP(=O)(O)OCCN)OC(=O)CCCC(O)C(O)C/C=C\C/C=C\C/C=C\CCCCC. The highest BCUT2D eigenvalue weighted by molar-refractivity contribution is 7.47. The van der Waals surface area contributed by atoms with Gasteiger partial charge in [0.1, 0.15) is 6.61 Å². The third-order valence-electron chi connectivity index (χ3n) is 8.28. The van der Waals surface area contributed by atoms with Crippen LogP contribution in [0.4, 0.5) is 0 Å². The van der Waals surface area contributed by atoms with E-state index in [1.807, 2.05) is 12.2 Å². The predicted octanol–water partition coefficient (Wildman–Crippen LogP) is 9.43. The molecular formula is C43H74NO10P. The van der Waals surface area contributed by atoms with E-state index in [1.165, 1.54) is 19.3 Å². The van der Waals surface area contributed by atoms with Gasteiger partial charge in [-0.15, -0.1) is 0 Å². The maximum Gasteiger partial charge on any atom is 0.472 e. The number of phosphoric acid groups is 1. The number of ether oxygens (including phenoxy) is 2. The second-order valence-corrected chi connectivity index (χ2v) is 14.9. The van der Waals surface area contributed by atoms with Gasteiger partial charge in [-0.1, -0.05) is 119 Å². The lowest BCUT2D eigenvalue weighted by Crippen LogP contribution is -2.30. The highest BCUT2D eigenvalue weighted by Gasteiger charge is 2.26. The van der Waals surface area contributed by atoms with Crippen molar-refractivity contribution in [1.82, 2.24) is 0 Å². The molecule has 0 spiro atoms. The Balaban J connectivity index is 4.49. The van der Waals surface area contributed by atoms with Crippen molar-refractivity contribution in [1.29, 1.82) is 0 Å². The summed E-state index contributed by atoms with van der Waals surface area (Å²) in [4.78, 5) is 34.9. The van der Waals surface area contributed by atoms with Crippen LogP contribution in [0.3, 0.4) is 0 Å². The van der Waals surface area contributed by atoms with Gasteiger partial charge in [0, 0.05) is 19.4 Å². The molecule has 0 aliphatic heterocycles. The van der Waals surface area contributed by atoms with Gasteiger partial charge in [0.2, 0.25) is 0 Å². The average molecular weight is 796 g/mol. The van der Waals surface area contributed by atoms with E-state index >= 15 is 0 Å². The van der Waals surface area contributed by atoms with Crippen LogP contribution in [-0.4, -0.2) is 71.7 Å². The van der Waals surface area contributed by atoms with E-state index in [2.05, 4.69) is 74.6 Å². The number of hydrogen-bond acceptors (Lipinski definition) is 10. The zero-order valence-electron chi connectivity index (χ0n) is 33.9. The molecule has 0 aliphatic rings. The molecule has 0 saturated carbocycles. The number of hydrogen-bond donors (Lipinski definition) is 4. The van der Waals surface area contributed by atoms with Crippen LogP contribution in [0, 0.1) is 0 Å². The van der Waals surface area contributed by atoms with Crippen molar-refractivity contribution < 1.29 is 47.8 Å². The van der Waals surface area contributed by atoms with Gasteiger partial charge in [-0.05, 0) is 83.5 Å². The van der Waals surface area contributed by atoms with E-state index in [1.54, 1.807) is 0 Å². The summed E-state index contributed by atoms with van der Waals surface area (Å²) in [5.41, 5.74) is 5.32. The topological polar surface area (TPSA) is 175 Å². The summed E-state index contributed by atoms with van der Waals surface area (Å²) >= 11 is 0. The normalized spacial score (nSPS) is 15.2. The Morgan fingerprint density at radius 1 is 0.636 bits per heavy atom. The molecule has 0 aliphatic carbocycles. The summed E-state index contributed by atoms with van der Waals surface area (Å²) in [6.07, 6.45) is 38.2. The van der Waals surface area contributed by atoms with E-state index < -0.39 is 44.7 Å². The Morgan fingerprint density at radius 2 is 1.18 bits per heavy atom. The molecule has 12 heteroatoms. The Hall–Kier alpha value is -2.63. The van der Waals surface area contributed by atoms with E-state index in [4.69, 9.17) is 24.3 Å². The summed E-state index contributed by atoms with van der Waals surface area (Å²) in [6.45, 7) is 3.20. The zero-order valence-corrected chi connectivity index (χ0v) is 34.7. The Labute approximate surface area is 332 Å². The maximum atomic E-state index is 12.6. The fraction of sp³-hybridized carbons (Fsp3) is 0.674. The molecule has 0 heterocycles. The van der Waals surface area contributed by atoms with Gasteiger partial charge in [0.05, 0.1) is 25.4 Å². The molecule has 316 valence electrons. The molecule has 11 nitrogen and oxygen atoms in total. The first-order valence-corrected chi connectivity index (χ1v) is 22.1. The Bertz CT molecular complexity index is 1170. The number of aliphatic hydroxyl groups excluding tert-OH is 2. The van der Waals surface area contributed by atoms with Crippen LogP contribution in [0.2, 0.25) is 0 Å². The van der Waals surface area contributed by atoms with Crippen LogP contribution in [0.1, 0.15) is 142 Å². The molecule has 5 N–H and O–H groups in total. The highest BCUT2D eigenvalue weighted by atomic mass is 31.2. The molecule has 0 fully saturated rings. The van der Waals surface area contributed by atoms with Gasteiger partial charge in [0.15, 0.2) is 6.10 Å². The van der Waals surface area contributed by atoms with Crippen molar-refractivity contribution in [3.63, 3.8) is 0 Å². The van der Waals surface area contributed by atoms with Crippen molar-refractivity contribution in [3.8, 4) is 0 Å². The van der Waals surface area contributed by atoms with Crippen molar-refractivity contribution >= 4 is 19.8 Å². The quantitative estimate of drug-likeness (QED) is 0.0204. The van der Waals surface area contributed by atoms with Crippen molar-refractivity contribution in [2.75, 3.05) is 26.4 Å². The number of carbonyl (C=O) groups excluding carboxylic acids is 2. The van der Waals surface area contributed by atoms with Gasteiger partial charge in [-0.25, -0.2) is 4.57 Å². The number of phosphoric ester groups is 1. The molecule has 4 atom stereocenters. The number of nitrogens with two attached hydrogens (primary N) is 1. The van der Waals surface area contributed by atoms with Gasteiger partial charge in [0.25, 0.3) is 0 Å². The third-order valence-corrected chi connectivity index (χ3v) is 9.26. The van der Waals surface area contributed by atoms with Crippen LogP contribution in [0.5, 0.6) is 0 Å². The van der Waals surface area contributed by atoms with Gasteiger partial charge in [-0.3, -0.25) is 18.6 Å². The first kappa shape index (κ1) is 52.4. The third kappa shape index (κ3) is 36.7. The maximum absolute atomic E-state index is 12.6. The second-order valence-electron chi connectivity index (χ2n) is 13.4. The van der Waals surface area contributed by atoms with Gasteiger partial charge in [-0.2, -0.15) is 0 Å². The highest BCUT2D eigenvalue weighted by Crippen LogP contribution is 2.43. The van der Waals surface area contributed by atoms with Gasteiger partial charge >= 0.3 is 19.8 Å². The van der Waals surface area contributed by atoms with Crippen molar-refractivity contribution in [2.45, 2.75) is 161 Å². The number of aliphatic hydroxyl groups is 2. The molecule has 0 bridgehead atoms. The minimum Gasteiger partial charge on any atom is -0.462 e. The molecule has 0 saturated heterocycles. The summed E-state index contributed by atoms with van der Waals surface area (Å²) < 4.78 is 32.5. The van der Waals surface area contributed by atoms with Crippen LogP contribution >= 0.6 is 7.82 Å². The second kappa shape index (κ2) is 38.3. The summed E-state index contributed by atoms with van der Waals surface area (Å²) in [5, 5.41) is 20.7. The number of unbranched alkanes of at least 4 members (excludes halogenated alkanes) is 8. The molecule has 0 radical (unpaired) electrons. The Kier molecular flexibility index (Phi) is 36.4. The number of esters is 2. The van der Waals surface area contributed by atoms with Crippen LogP contribution in [0.15, 0.2) is 72.9 Å². The lowest BCUT2D eigenvalue weighted by molar-refractivity contribution is -0.161. The average Bonchev–Trinajstić information content (AvgIpc) is 3.16. The van der Waals surface area contributed by atoms with E-state index in [9.17, 15) is 29.3 Å². The smallest absolute Gasteiger partial charge is 0.462 e. The molecule has 3 unspecified atom stereocenters. The largest absolute Gasteiger partial charge is 0.472 e. The van der Waals surface area contributed by atoms with Crippen LogP contribution < -0.4 is 5.73 Å². The van der Waals surface area contributed by atoms with Crippen LogP contribution in [-0.2, 0) is 32.7 Å². The van der Waals surface area contributed by atoms with E-state index in [0.29, 0.717) is 6.42 Å². The van der Waals surface area contributed by atoms with Crippen LogP contribution in [0.25, 0.3) is 0 Å². The lowest BCUT2D eigenvalue weighted by Gasteiger charge is -2.20. The van der Waals surface area contributed by atoms with Crippen molar-refractivity contribution in [2.24, 2.45) is 5.73 Å². The summed E-state index contributed by atoms with van der Waals surface area (Å²) in [5.74, 6) is -1.14. The molecular weight excluding hydrogens is 721 g/mol. The zero-order chi connectivity index (χ0) is 40.7. The monoisotopic (exact) mass is 796 g/mol. The molecule has 0 aromatic carbocycles. The predicted molar refractivity (Wildman–Crippen MR) is 222 cm³/mol. The fourth-order valence-electron chi connectivity index (χ4n) is 5.10. The van der Waals surface area contributed by atoms with Crippen molar-refractivity contribution in [3.05, 3.63) is 72.9 Å². The standard InChI is InChI=1S/C43H74NO10P/c1-3-5-7-9-11-13-15-17-18-19-21-23-25-27-29-33-42(47)51-37-39(38-53-55(49,50)52-36-35-44)54-43(48)34-30-32-41(46)40(45)31-28-26-24-22-20-16-14-12-10-8-6-4-2/h5,7,11-14,17-18,20,22,26,28,39-41,45-46H,3-4,6,8-10,15-16,19,21,23-25,27,29-38,44H2,1-2H3,(H,49,50)/b7-5-,13-11-,14-12-,18-17-,22-20-,28-26-/t39-,40?,41?/m1/s1. The fourth-order valence-corrected chi connectivity index (χ4v) is 5.87. The lowest BCUT2D eigenvalue weighted by atomic mass is 10.0. The number of allylic oxidation sites excluding steroid dienone is 11. The Morgan fingerprint density at radius 3 is 1.80 bits per heavy atom. The minimum absolute atomic E-state index is 0.00196. The minimum atomic E-state index is -4.46. The molecule has 0 rings (SSSR count). The summed E-state index contributed by atoms with van der Waals surface area (Å²) in [7, 11) is -4.46. The van der Waals surface area contributed by atoms with E-state index in [0.717, 1.165) is 70.6 Å². The summed E-state index contributed by atoms with van der Waals surface area (Å²) in [6, 6.07) is 0. The number of carbonyl (C=O) groups is 2. The number of rotatable bonds is 37. The molecule has 0 aromatic rings. The first-order chi connectivity index (χ1) is 26.6. The molecule has 0 amide bonds. The first-order valence-electron chi connectivity index (χ1n) is 20.6. The molecule has 55 heavy (non-hydrogen) atoms. The molecule has 0 aromatic heterocycles. The van der Waals surface area contributed by atoms with E-state index in [-0.39, 0.29) is 51.9 Å².